The van der Waals surface area contributed by atoms with Crippen LogP contribution in [0.15, 0.2) is 0 Å². The van der Waals surface area contributed by atoms with Gasteiger partial charge >= 0.3 is 0 Å². The molecule has 4 fully saturated rings. The van der Waals surface area contributed by atoms with E-state index in [1.165, 1.54) is 6.42 Å². The topological polar surface area (TPSA) is 57.2 Å². The van der Waals surface area contributed by atoms with Gasteiger partial charge in [-0.15, -0.1) is 0 Å². The highest BCUT2D eigenvalue weighted by molar-refractivity contribution is 5.03. The van der Waals surface area contributed by atoms with Gasteiger partial charge in [-0.1, -0.05) is 6.42 Å². The van der Waals surface area contributed by atoms with Gasteiger partial charge in [-0.2, -0.15) is 0 Å². The summed E-state index contributed by atoms with van der Waals surface area (Å²) in [6, 6.07) is 0. The SMILES string of the molecule is COC1O[C@@]2(C)CC[C@H]3CCC[C@@H](CCO)[C@@]13OO2. The fourth-order valence-electron chi connectivity index (χ4n) is 4.12. The Morgan fingerprint density at radius 3 is 2.84 bits per heavy atom. The van der Waals surface area contributed by atoms with E-state index in [0.717, 1.165) is 25.7 Å². The minimum absolute atomic E-state index is 0.163. The smallest absolute Gasteiger partial charge is 0.201 e. The lowest BCUT2D eigenvalue weighted by molar-refractivity contribution is -0.554. The Hall–Kier alpha value is -0.200. The number of hydrogen-bond acceptors (Lipinski definition) is 5. The third kappa shape index (κ3) is 2.03. The predicted molar refractivity (Wildman–Crippen MR) is 67.0 cm³/mol. The molecule has 110 valence electrons. The van der Waals surface area contributed by atoms with Gasteiger partial charge < -0.3 is 14.6 Å². The molecule has 0 aromatic rings. The zero-order chi connectivity index (χ0) is 13.5. The third-order valence-corrected chi connectivity index (χ3v) is 5.11. The molecule has 1 aliphatic carbocycles. The number of ether oxygens (including phenoxy) is 2. The first kappa shape index (κ1) is 13.8. The third-order valence-electron chi connectivity index (χ3n) is 5.11. The van der Waals surface area contributed by atoms with E-state index in [9.17, 15) is 5.11 Å². The number of methoxy groups -OCH3 is 1. The van der Waals surface area contributed by atoms with Crippen LogP contribution in [0, 0.1) is 11.8 Å². The van der Waals surface area contributed by atoms with Gasteiger partial charge in [-0.25, -0.2) is 9.78 Å². The molecule has 3 aliphatic heterocycles. The van der Waals surface area contributed by atoms with Crippen molar-refractivity contribution in [3.63, 3.8) is 0 Å². The van der Waals surface area contributed by atoms with Crippen LogP contribution in [0.1, 0.15) is 45.4 Å². The normalized spacial score (nSPS) is 49.7. The summed E-state index contributed by atoms with van der Waals surface area (Å²) in [5.41, 5.74) is -0.550. The Morgan fingerprint density at radius 1 is 1.26 bits per heavy atom. The summed E-state index contributed by atoms with van der Waals surface area (Å²) < 4.78 is 11.6. The second-order valence-corrected chi connectivity index (χ2v) is 6.22. The molecule has 3 heterocycles. The maximum absolute atomic E-state index is 9.33. The Morgan fingerprint density at radius 2 is 2.11 bits per heavy atom. The molecule has 0 amide bonds. The second-order valence-electron chi connectivity index (χ2n) is 6.22. The van der Waals surface area contributed by atoms with Crippen LogP contribution < -0.4 is 0 Å². The van der Waals surface area contributed by atoms with Crippen LogP contribution in [0.25, 0.3) is 0 Å². The fourth-order valence-corrected chi connectivity index (χ4v) is 4.12. The van der Waals surface area contributed by atoms with Crippen LogP contribution >= 0.6 is 0 Å². The lowest BCUT2D eigenvalue weighted by Crippen LogP contribution is -2.63. The maximum Gasteiger partial charge on any atom is 0.201 e. The van der Waals surface area contributed by atoms with Crippen molar-refractivity contribution in [2.45, 2.75) is 63.1 Å². The zero-order valence-electron chi connectivity index (χ0n) is 11.8. The molecule has 19 heavy (non-hydrogen) atoms. The maximum atomic E-state index is 9.33. The molecule has 1 spiro atoms. The summed E-state index contributed by atoms with van der Waals surface area (Å²) in [4.78, 5) is 11.5. The number of fused-ring (bicyclic) bond motifs is 3. The van der Waals surface area contributed by atoms with Gasteiger partial charge in [0.15, 0.2) is 11.9 Å². The van der Waals surface area contributed by atoms with Gasteiger partial charge in [-0.05, 0) is 44.4 Å². The lowest BCUT2D eigenvalue weighted by atomic mass is 9.65. The molecule has 1 unspecified atom stereocenters. The van der Waals surface area contributed by atoms with Crippen molar-refractivity contribution in [2.75, 3.05) is 13.7 Å². The van der Waals surface area contributed by atoms with Gasteiger partial charge in [0.05, 0.1) is 0 Å². The zero-order valence-corrected chi connectivity index (χ0v) is 11.8. The van der Waals surface area contributed by atoms with E-state index in [4.69, 9.17) is 19.2 Å². The first-order valence-corrected chi connectivity index (χ1v) is 7.33. The van der Waals surface area contributed by atoms with Gasteiger partial charge in [0.2, 0.25) is 5.79 Å². The molecule has 1 saturated carbocycles. The van der Waals surface area contributed by atoms with Crippen LogP contribution in [-0.2, 0) is 19.2 Å². The summed E-state index contributed by atoms with van der Waals surface area (Å²) in [7, 11) is 1.66. The number of rotatable bonds is 3. The first-order chi connectivity index (χ1) is 9.14. The van der Waals surface area contributed by atoms with Gasteiger partial charge in [0.1, 0.15) is 0 Å². The van der Waals surface area contributed by atoms with E-state index in [0.29, 0.717) is 12.3 Å². The molecule has 2 bridgehead atoms. The predicted octanol–water partition coefficient (Wildman–Crippen LogP) is 1.98. The van der Waals surface area contributed by atoms with Crippen molar-refractivity contribution in [3.8, 4) is 0 Å². The van der Waals surface area contributed by atoms with E-state index >= 15 is 0 Å². The van der Waals surface area contributed by atoms with Gasteiger partial charge in [0, 0.05) is 20.1 Å². The Balaban J connectivity index is 1.97. The van der Waals surface area contributed by atoms with E-state index in [-0.39, 0.29) is 12.5 Å². The fraction of sp³-hybridized carbons (Fsp3) is 1.00. The molecule has 0 radical (unpaired) electrons. The quantitative estimate of drug-likeness (QED) is 0.796. The van der Waals surface area contributed by atoms with E-state index in [1.807, 2.05) is 6.92 Å². The monoisotopic (exact) mass is 272 g/mol. The standard InChI is InChI=1S/C14H24O5/c1-13-8-6-10-4-3-5-11(7-9-15)14(10,19-18-13)12(16-2)17-13/h10-12,15H,3-9H2,1-2H3/t10-,11+,12?,13-,14-/m1/s1. The number of hydrogen-bond donors (Lipinski definition) is 1. The average molecular weight is 272 g/mol. The van der Waals surface area contributed by atoms with Crippen LogP contribution in [0.2, 0.25) is 0 Å². The van der Waals surface area contributed by atoms with Crippen LogP contribution in [0.4, 0.5) is 0 Å². The summed E-state index contributed by atoms with van der Waals surface area (Å²) >= 11 is 0. The molecular formula is C14H24O5. The summed E-state index contributed by atoms with van der Waals surface area (Å²) in [5.74, 6) is -0.0940. The van der Waals surface area contributed by atoms with Crippen molar-refractivity contribution in [3.05, 3.63) is 0 Å². The van der Waals surface area contributed by atoms with Crippen LogP contribution in [0.3, 0.4) is 0 Å². The largest absolute Gasteiger partial charge is 0.396 e. The van der Waals surface area contributed by atoms with Gasteiger partial charge in [-0.3, -0.25) is 0 Å². The highest BCUT2D eigenvalue weighted by atomic mass is 17.3. The molecule has 5 nitrogen and oxygen atoms in total. The van der Waals surface area contributed by atoms with Crippen molar-refractivity contribution in [1.29, 1.82) is 0 Å². The van der Waals surface area contributed by atoms with E-state index in [1.54, 1.807) is 7.11 Å². The highest BCUT2D eigenvalue weighted by Gasteiger charge is 2.63. The lowest BCUT2D eigenvalue weighted by Gasteiger charge is -2.53. The van der Waals surface area contributed by atoms with E-state index < -0.39 is 17.7 Å². The molecule has 0 aromatic heterocycles. The summed E-state index contributed by atoms with van der Waals surface area (Å²) in [6.45, 7) is 2.07. The molecule has 3 saturated heterocycles. The Bertz CT molecular complexity index is 325. The van der Waals surface area contributed by atoms with Crippen molar-refractivity contribution < 1.29 is 24.4 Å². The Kier molecular flexibility index (Phi) is 3.60. The molecule has 4 rings (SSSR count). The van der Waals surface area contributed by atoms with Gasteiger partial charge in [0.25, 0.3) is 0 Å². The average Bonchev–Trinajstić information content (AvgIpc) is 2.64. The summed E-state index contributed by atoms with van der Waals surface area (Å²) in [5, 5.41) is 9.33. The van der Waals surface area contributed by atoms with Crippen molar-refractivity contribution >= 4 is 0 Å². The Labute approximate surface area is 114 Å². The highest BCUT2D eigenvalue weighted by Crippen LogP contribution is 2.55. The molecular weight excluding hydrogens is 248 g/mol. The molecule has 1 N–H and O–H groups in total. The molecule has 5 heteroatoms. The van der Waals surface area contributed by atoms with Crippen molar-refractivity contribution in [2.24, 2.45) is 11.8 Å². The number of aliphatic hydroxyl groups excluding tert-OH is 1. The first-order valence-electron chi connectivity index (χ1n) is 7.33. The molecule has 4 aliphatic rings. The second kappa shape index (κ2) is 4.97. The molecule has 5 atom stereocenters. The molecule has 0 aromatic carbocycles. The minimum Gasteiger partial charge on any atom is -0.396 e. The minimum atomic E-state index is -0.701. The van der Waals surface area contributed by atoms with Crippen LogP contribution in [0.5, 0.6) is 0 Å². The van der Waals surface area contributed by atoms with Crippen LogP contribution in [-0.4, -0.2) is 36.5 Å². The van der Waals surface area contributed by atoms with Crippen molar-refractivity contribution in [1.82, 2.24) is 0 Å². The van der Waals surface area contributed by atoms with E-state index in [2.05, 4.69) is 0 Å². The summed E-state index contributed by atoms with van der Waals surface area (Å²) in [6.07, 6.45) is 5.47. The number of aliphatic hydroxyl groups is 1.